The molecule has 0 aliphatic heterocycles. The van der Waals surface area contributed by atoms with Gasteiger partial charge in [-0.15, -0.1) is 0 Å². The van der Waals surface area contributed by atoms with Gasteiger partial charge >= 0.3 is 0 Å². The van der Waals surface area contributed by atoms with Crippen molar-refractivity contribution in [3.63, 3.8) is 0 Å². The Kier molecular flexibility index (Phi) is 7.82. The van der Waals surface area contributed by atoms with E-state index in [0.29, 0.717) is 24.5 Å². The maximum atomic E-state index is 13.1. The van der Waals surface area contributed by atoms with E-state index in [9.17, 15) is 13.2 Å². The predicted molar refractivity (Wildman–Crippen MR) is 120 cm³/mol. The molecule has 0 spiro atoms. The van der Waals surface area contributed by atoms with E-state index in [1.54, 1.807) is 16.8 Å². The molecule has 0 unspecified atom stereocenters. The fraction of sp³-hybridized carbons (Fsp3) is 0.545. The molecule has 0 atom stereocenters. The van der Waals surface area contributed by atoms with Crippen molar-refractivity contribution < 1.29 is 13.2 Å². The normalized spacial score (nSPS) is 12.4. The molecule has 0 bridgehead atoms. The second-order valence-electron chi connectivity index (χ2n) is 8.80. The molecule has 1 aromatic carbocycles. The summed E-state index contributed by atoms with van der Waals surface area (Å²) in [7, 11) is -3.62. The van der Waals surface area contributed by atoms with Crippen molar-refractivity contribution in [2.24, 2.45) is 11.8 Å². The van der Waals surface area contributed by atoms with E-state index in [1.165, 1.54) is 16.4 Å². The van der Waals surface area contributed by atoms with Crippen molar-refractivity contribution in [2.45, 2.75) is 59.4 Å². The van der Waals surface area contributed by atoms with Crippen LogP contribution in [0.4, 0.5) is 5.82 Å². The number of hydrogen-bond acceptors (Lipinski definition) is 4. The number of aryl methyl sites for hydroxylation is 1. The third-order valence-corrected chi connectivity index (χ3v) is 6.33. The molecule has 1 heterocycles. The number of aromatic nitrogens is 2. The maximum Gasteiger partial charge on any atom is 0.256 e. The van der Waals surface area contributed by atoms with E-state index in [4.69, 9.17) is 0 Å². The van der Waals surface area contributed by atoms with Crippen molar-refractivity contribution in [1.29, 1.82) is 0 Å². The number of rotatable bonds is 9. The lowest BCUT2D eigenvalue weighted by atomic mass is 10.2. The number of amides is 1. The Morgan fingerprint density at radius 3 is 2.03 bits per heavy atom. The summed E-state index contributed by atoms with van der Waals surface area (Å²) in [5.74, 6) is 0.752. The molecular formula is C22H34N4O3S. The zero-order valence-electron chi connectivity index (χ0n) is 19.0. The smallest absolute Gasteiger partial charge is 0.256 e. The van der Waals surface area contributed by atoms with E-state index >= 15 is 0 Å². The number of nitrogens with zero attached hydrogens (tertiary/aromatic N) is 3. The molecule has 0 fully saturated rings. The van der Waals surface area contributed by atoms with Crippen LogP contribution >= 0.6 is 0 Å². The summed E-state index contributed by atoms with van der Waals surface area (Å²) in [5.41, 5.74) is 1.21. The Morgan fingerprint density at radius 1 is 1.03 bits per heavy atom. The number of benzene rings is 1. The Hall–Kier alpha value is -2.19. The Balaban J connectivity index is 2.23. The molecule has 0 radical (unpaired) electrons. The van der Waals surface area contributed by atoms with Gasteiger partial charge in [0.1, 0.15) is 5.82 Å². The highest BCUT2D eigenvalue weighted by molar-refractivity contribution is 7.89. The number of sulfonamides is 1. The molecule has 8 heteroatoms. The van der Waals surface area contributed by atoms with E-state index < -0.39 is 10.0 Å². The topological polar surface area (TPSA) is 84.3 Å². The molecule has 0 aliphatic carbocycles. The minimum absolute atomic E-state index is 0.106. The van der Waals surface area contributed by atoms with Gasteiger partial charge < -0.3 is 5.32 Å². The monoisotopic (exact) mass is 434 g/mol. The first-order chi connectivity index (χ1) is 13.9. The summed E-state index contributed by atoms with van der Waals surface area (Å²) in [6, 6.07) is 8.02. The van der Waals surface area contributed by atoms with Crippen LogP contribution in [-0.2, 0) is 10.0 Å². The first kappa shape index (κ1) is 24.1. The molecule has 1 aromatic heterocycles. The summed E-state index contributed by atoms with van der Waals surface area (Å²) in [6.45, 7) is 14.8. The van der Waals surface area contributed by atoms with Crippen LogP contribution in [0.5, 0.6) is 0 Å². The average molecular weight is 435 g/mol. The molecule has 2 rings (SSSR count). The zero-order valence-corrected chi connectivity index (χ0v) is 19.8. The fourth-order valence-corrected chi connectivity index (χ4v) is 4.97. The largest absolute Gasteiger partial charge is 0.307 e. The third kappa shape index (κ3) is 5.92. The Labute approximate surface area is 180 Å². The van der Waals surface area contributed by atoms with Gasteiger partial charge in [-0.05, 0) is 56.9 Å². The van der Waals surface area contributed by atoms with Gasteiger partial charge in [0.25, 0.3) is 5.91 Å². The second-order valence-corrected chi connectivity index (χ2v) is 10.7. The number of hydrogen-bond donors (Lipinski definition) is 1. The molecule has 1 amide bonds. The fourth-order valence-electron chi connectivity index (χ4n) is 3.20. The first-order valence-electron chi connectivity index (χ1n) is 10.4. The van der Waals surface area contributed by atoms with Gasteiger partial charge in [-0.1, -0.05) is 27.7 Å². The highest BCUT2D eigenvalue weighted by Gasteiger charge is 2.26. The van der Waals surface area contributed by atoms with Crippen molar-refractivity contribution in [2.75, 3.05) is 18.4 Å². The van der Waals surface area contributed by atoms with Crippen molar-refractivity contribution in [1.82, 2.24) is 14.1 Å². The minimum Gasteiger partial charge on any atom is -0.307 e. The summed E-state index contributed by atoms with van der Waals surface area (Å²) >= 11 is 0. The van der Waals surface area contributed by atoms with Crippen LogP contribution in [0.2, 0.25) is 0 Å². The maximum absolute atomic E-state index is 13.1. The summed E-state index contributed by atoms with van der Waals surface area (Å²) < 4.78 is 29.5. The lowest BCUT2D eigenvalue weighted by molar-refractivity contribution is 0.102. The summed E-state index contributed by atoms with van der Waals surface area (Å²) in [5, 5.41) is 7.25. The van der Waals surface area contributed by atoms with Gasteiger partial charge in [-0.25, -0.2) is 13.1 Å². The van der Waals surface area contributed by atoms with E-state index in [1.807, 2.05) is 54.5 Å². The number of carbonyl (C=O) groups is 1. The Bertz CT molecular complexity index is 951. The van der Waals surface area contributed by atoms with Crippen LogP contribution in [0.1, 0.15) is 63.6 Å². The van der Waals surface area contributed by atoms with Crippen LogP contribution in [-0.4, -0.2) is 41.5 Å². The lowest BCUT2D eigenvalue weighted by Gasteiger charge is -2.25. The highest BCUT2D eigenvalue weighted by Crippen LogP contribution is 2.21. The second kappa shape index (κ2) is 9.75. The quantitative estimate of drug-likeness (QED) is 0.637. The van der Waals surface area contributed by atoms with Crippen LogP contribution in [0.3, 0.4) is 0 Å². The minimum atomic E-state index is -3.62. The van der Waals surface area contributed by atoms with Gasteiger partial charge in [-0.2, -0.15) is 9.40 Å². The average Bonchev–Trinajstić information content (AvgIpc) is 3.01. The van der Waals surface area contributed by atoms with Gasteiger partial charge in [0.05, 0.1) is 10.6 Å². The predicted octanol–water partition coefficient (Wildman–Crippen LogP) is 4.33. The van der Waals surface area contributed by atoms with Gasteiger partial charge in [-0.3, -0.25) is 4.79 Å². The molecule has 1 N–H and O–H groups in total. The van der Waals surface area contributed by atoms with Crippen molar-refractivity contribution >= 4 is 21.7 Å². The number of anilines is 1. The molecule has 166 valence electrons. The van der Waals surface area contributed by atoms with Crippen LogP contribution in [0.25, 0.3) is 0 Å². The summed E-state index contributed by atoms with van der Waals surface area (Å²) in [4.78, 5) is 12.9. The molecule has 7 nitrogen and oxygen atoms in total. The molecule has 0 saturated heterocycles. The number of nitrogens with one attached hydrogen (secondary N) is 1. The molecule has 0 saturated carbocycles. The standard InChI is InChI=1S/C22H34N4O3S/c1-15(2)13-25(14-16(3)4)30(28,29)20-10-8-19(9-11-20)22(27)23-21-12-18(7)24-26(21)17(5)6/h8-12,15-17H,13-14H2,1-7H3,(H,23,27). The van der Waals surface area contributed by atoms with E-state index in [2.05, 4.69) is 10.4 Å². The third-order valence-electron chi connectivity index (χ3n) is 4.48. The summed E-state index contributed by atoms with van der Waals surface area (Å²) in [6.07, 6.45) is 0. The number of carbonyl (C=O) groups excluding carboxylic acids is 1. The van der Waals surface area contributed by atoms with Gasteiger partial charge in [0.2, 0.25) is 10.0 Å². The van der Waals surface area contributed by atoms with Crippen LogP contribution in [0, 0.1) is 18.8 Å². The van der Waals surface area contributed by atoms with Gasteiger partial charge in [0, 0.05) is 30.8 Å². The molecular weight excluding hydrogens is 400 g/mol. The zero-order chi connectivity index (χ0) is 22.6. The highest BCUT2D eigenvalue weighted by atomic mass is 32.2. The van der Waals surface area contributed by atoms with Crippen LogP contribution < -0.4 is 5.32 Å². The van der Waals surface area contributed by atoms with Crippen molar-refractivity contribution in [3.05, 3.63) is 41.6 Å². The SMILES string of the molecule is Cc1cc(NC(=O)c2ccc(S(=O)(=O)N(CC(C)C)CC(C)C)cc2)n(C(C)C)n1. The van der Waals surface area contributed by atoms with Crippen molar-refractivity contribution in [3.8, 4) is 0 Å². The van der Waals surface area contributed by atoms with E-state index in [0.717, 1.165) is 5.69 Å². The Morgan fingerprint density at radius 2 is 1.57 bits per heavy atom. The van der Waals surface area contributed by atoms with Gasteiger partial charge in [0.15, 0.2) is 0 Å². The molecule has 30 heavy (non-hydrogen) atoms. The lowest BCUT2D eigenvalue weighted by Crippen LogP contribution is -2.37. The van der Waals surface area contributed by atoms with Crippen LogP contribution in [0.15, 0.2) is 35.2 Å². The first-order valence-corrected chi connectivity index (χ1v) is 11.8. The van der Waals surface area contributed by atoms with E-state index in [-0.39, 0.29) is 28.7 Å². The molecule has 0 aliphatic rings. The molecule has 2 aromatic rings.